The molecular weight excluding hydrogens is 419 g/mol. The normalized spacial score (nSPS) is 9.97. The second-order valence-electron chi connectivity index (χ2n) is 5.46. The smallest absolute Gasteiger partial charge is 0.230 e. The third-order valence-electron chi connectivity index (χ3n) is 3.53. The van der Waals surface area contributed by atoms with Crippen molar-refractivity contribution in [2.75, 3.05) is 31.4 Å². The summed E-state index contributed by atoms with van der Waals surface area (Å²) in [6, 6.07) is 5.39. The van der Waals surface area contributed by atoms with Crippen LogP contribution in [0.4, 0.5) is 17.3 Å². The van der Waals surface area contributed by atoms with E-state index in [-0.39, 0.29) is 18.1 Å². The largest absolute Gasteiger partial charge is 0.480 e. The first-order valence-corrected chi connectivity index (χ1v) is 9.16. The first-order chi connectivity index (χ1) is 14.0. The van der Waals surface area contributed by atoms with E-state index in [1.807, 2.05) is 6.07 Å². The molecule has 2 heterocycles. The van der Waals surface area contributed by atoms with E-state index in [0.29, 0.717) is 34.5 Å². The molecule has 3 N–H and O–H groups in total. The quantitative estimate of drug-likeness (QED) is 0.481. The third-order valence-corrected chi connectivity index (χ3v) is 4.16. The van der Waals surface area contributed by atoms with Crippen LogP contribution in [0.2, 0.25) is 10.0 Å². The van der Waals surface area contributed by atoms with E-state index in [1.54, 1.807) is 36.3 Å². The number of anilines is 3. The van der Waals surface area contributed by atoms with Crippen molar-refractivity contribution in [1.29, 1.82) is 0 Å². The highest BCUT2D eigenvalue weighted by Crippen LogP contribution is 2.28. The van der Waals surface area contributed by atoms with Crippen molar-refractivity contribution < 1.29 is 14.6 Å². The van der Waals surface area contributed by atoms with Gasteiger partial charge < -0.3 is 20.5 Å². The summed E-state index contributed by atoms with van der Waals surface area (Å²) in [6.07, 6.45) is 5.29. The Morgan fingerprint density at radius 2 is 2.00 bits per heavy atom. The number of benzene rings is 1. The molecule has 0 aliphatic carbocycles. The number of halogens is 2. The fourth-order valence-corrected chi connectivity index (χ4v) is 2.79. The summed E-state index contributed by atoms with van der Waals surface area (Å²) in [7, 11) is 3.21. The Labute approximate surface area is 177 Å². The van der Waals surface area contributed by atoms with Gasteiger partial charge in [-0.05, 0) is 12.1 Å². The highest BCUT2D eigenvalue weighted by molar-refractivity contribution is 6.39. The van der Waals surface area contributed by atoms with Crippen molar-refractivity contribution in [3.8, 4) is 5.88 Å². The van der Waals surface area contributed by atoms with Crippen molar-refractivity contribution in [2.24, 2.45) is 0 Å². The lowest BCUT2D eigenvalue weighted by Gasteiger charge is -2.05. The summed E-state index contributed by atoms with van der Waals surface area (Å²) >= 11 is 11.6. The topological polar surface area (TPSA) is 114 Å². The average molecular weight is 439 g/mol. The summed E-state index contributed by atoms with van der Waals surface area (Å²) < 4.78 is 6.56. The Balaban J connectivity index is 0.000000253. The van der Waals surface area contributed by atoms with Gasteiger partial charge >= 0.3 is 0 Å². The maximum absolute atomic E-state index is 10.7. The first-order valence-electron chi connectivity index (χ1n) is 8.40. The number of carbonyl (C=O) groups excluding carboxylic acids is 1. The Bertz CT molecular complexity index is 931. The Kier molecular flexibility index (Phi) is 8.66. The van der Waals surface area contributed by atoms with E-state index in [9.17, 15) is 4.79 Å². The summed E-state index contributed by atoms with van der Waals surface area (Å²) in [4.78, 5) is 18.8. The number of para-hydroxylation sites is 1. The third kappa shape index (κ3) is 6.31. The van der Waals surface area contributed by atoms with Crippen molar-refractivity contribution in [1.82, 2.24) is 19.7 Å². The predicted octanol–water partition coefficient (Wildman–Crippen LogP) is 3.27. The number of hydrogen-bond acceptors (Lipinski definition) is 8. The number of carbonyl (C=O) groups is 1. The zero-order valence-electron chi connectivity index (χ0n) is 15.8. The van der Waals surface area contributed by atoms with Gasteiger partial charge in [-0.15, -0.1) is 0 Å². The van der Waals surface area contributed by atoms with Crippen molar-refractivity contribution in [3.63, 3.8) is 0 Å². The Morgan fingerprint density at radius 1 is 1.28 bits per heavy atom. The molecule has 29 heavy (non-hydrogen) atoms. The molecule has 2 aromatic heterocycles. The second-order valence-corrected chi connectivity index (χ2v) is 6.28. The number of methoxy groups -OCH3 is 1. The molecule has 0 bridgehead atoms. The van der Waals surface area contributed by atoms with E-state index in [0.717, 1.165) is 5.69 Å². The molecule has 0 aliphatic rings. The van der Waals surface area contributed by atoms with Crippen LogP contribution in [-0.2, 0) is 6.54 Å². The van der Waals surface area contributed by atoms with Crippen molar-refractivity contribution >= 4 is 46.8 Å². The number of aliphatic hydroxyl groups is 1. The molecule has 154 valence electrons. The fourth-order valence-electron chi connectivity index (χ4n) is 2.20. The number of aromatic nitrogens is 4. The van der Waals surface area contributed by atoms with E-state index < -0.39 is 0 Å². The van der Waals surface area contributed by atoms with Crippen LogP contribution in [0.3, 0.4) is 0 Å². The number of hydrogen-bond donors (Lipinski definition) is 3. The van der Waals surface area contributed by atoms with E-state index in [2.05, 4.69) is 25.7 Å². The number of aliphatic hydroxyl groups excluding tert-OH is 1. The molecule has 0 saturated carbocycles. The fraction of sp³-hybridized carbons (Fsp3) is 0.222. The van der Waals surface area contributed by atoms with E-state index in [4.69, 9.17) is 33.0 Å². The summed E-state index contributed by atoms with van der Waals surface area (Å²) in [5.74, 6) is 0.501. The molecule has 0 unspecified atom stereocenters. The van der Waals surface area contributed by atoms with Crippen LogP contribution in [0.5, 0.6) is 5.88 Å². The maximum Gasteiger partial charge on any atom is 0.230 e. The van der Waals surface area contributed by atoms with Crippen LogP contribution < -0.4 is 15.4 Å². The zero-order chi connectivity index (χ0) is 21.2. The van der Waals surface area contributed by atoms with E-state index >= 15 is 0 Å². The minimum absolute atomic E-state index is 0.0134. The number of ether oxygens (including phenoxy) is 1. The molecule has 9 nitrogen and oxygen atoms in total. The van der Waals surface area contributed by atoms with Crippen LogP contribution in [-0.4, -0.2) is 51.9 Å². The maximum atomic E-state index is 10.7. The van der Waals surface area contributed by atoms with Crippen LogP contribution >= 0.6 is 23.2 Å². The number of nitrogens with zero attached hydrogens (tertiary/aromatic N) is 4. The van der Waals surface area contributed by atoms with Crippen molar-refractivity contribution in [3.05, 3.63) is 52.4 Å². The van der Waals surface area contributed by atoms with Gasteiger partial charge in [-0.1, -0.05) is 29.3 Å². The number of rotatable bonds is 7. The lowest BCUT2D eigenvalue weighted by Crippen LogP contribution is -2.02. The lowest BCUT2D eigenvalue weighted by molar-refractivity contribution is 0.111. The molecule has 0 fully saturated rings. The molecule has 0 amide bonds. The van der Waals surface area contributed by atoms with Gasteiger partial charge in [0.15, 0.2) is 6.29 Å². The van der Waals surface area contributed by atoms with Crippen LogP contribution in [0.25, 0.3) is 0 Å². The molecule has 0 saturated heterocycles. The lowest BCUT2D eigenvalue weighted by atomic mass is 10.3. The van der Waals surface area contributed by atoms with Gasteiger partial charge in [0.2, 0.25) is 11.8 Å². The van der Waals surface area contributed by atoms with Gasteiger partial charge in [0.25, 0.3) is 0 Å². The van der Waals surface area contributed by atoms with Gasteiger partial charge in [0.1, 0.15) is 0 Å². The van der Waals surface area contributed by atoms with Crippen LogP contribution in [0.1, 0.15) is 10.4 Å². The molecule has 0 aliphatic heterocycles. The number of aldehydes is 1. The SMILES string of the molecule is CNc1c(Cl)cccc1Cl.COc1nc(Nc2cnn(CCO)c2)ncc1C=O. The summed E-state index contributed by atoms with van der Waals surface area (Å²) in [5.41, 5.74) is 1.74. The van der Waals surface area contributed by atoms with Gasteiger partial charge in [0.05, 0.1) is 53.4 Å². The molecular formula is C18H20Cl2N6O3. The Hall–Kier alpha value is -2.88. The minimum atomic E-state index is 0.0134. The second kappa shape index (κ2) is 11.2. The first kappa shape index (κ1) is 22.4. The summed E-state index contributed by atoms with van der Waals surface area (Å²) in [5, 5.41) is 19.9. The molecule has 1 aromatic carbocycles. The van der Waals surface area contributed by atoms with Crippen LogP contribution in [0, 0.1) is 0 Å². The zero-order valence-corrected chi connectivity index (χ0v) is 17.3. The standard InChI is InChI=1S/C11H13N5O3.C7H7Cl2N/c1-19-10-8(7-18)4-12-11(15-10)14-9-5-13-16(6-9)2-3-17;1-10-7-5(8)3-2-4-6(7)9/h4-7,17H,2-3H2,1H3,(H,12,14,15);2-4,10H,1H3. The highest BCUT2D eigenvalue weighted by atomic mass is 35.5. The highest BCUT2D eigenvalue weighted by Gasteiger charge is 2.08. The molecule has 0 radical (unpaired) electrons. The molecule has 3 aromatic rings. The van der Waals surface area contributed by atoms with E-state index in [1.165, 1.54) is 13.3 Å². The van der Waals surface area contributed by atoms with Gasteiger partial charge in [-0.25, -0.2) is 4.98 Å². The minimum Gasteiger partial charge on any atom is -0.480 e. The van der Waals surface area contributed by atoms with Gasteiger partial charge in [0, 0.05) is 19.4 Å². The Morgan fingerprint density at radius 3 is 2.55 bits per heavy atom. The monoisotopic (exact) mass is 438 g/mol. The van der Waals surface area contributed by atoms with Crippen molar-refractivity contribution in [2.45, 2.75) is 6.54 Å². The molecule has 3 rings (SSSR count). The molecule has 0 atom stereocenters. The number of nitrogens with one attached hydrogen (secondary N) is 2. The average Bonchev–Trinajstić information content (AvgIpc) is 3.16. The summed E-state index contributed by atoms with van der Waals surface area (Å²) in [6.45, 7) is 0.426. The predicted molar refractivity (Wildman–Crippen MR) is 113 cm³/mol. The van der Waals surface area contributed by atoms with Crippen LogP contribution in [0.15, 0.2) is 36.8 Å². The van der Waals surface area contributed by atoms with Gasteiger partial charge in [-0.2, -0.15) is 10.1 Å². The molecule has 11 heteroatoms. The molecule has 0 spiro atoms. The van der Waals surface area contributed by atoms with Gasteiger partial charge in [-0.3, -0.25) is 9.48 Å².